The van der Waals surface area contributed by atoms with Crippen LogP contribution in [0.4, 0.5) is 0 Å². The number of guanidine groups is 1. The van der Waals surface area contributed by atoms with Gasteiger partial charge in [-0.3, -0.25) is 101 Å². The number of unbranched alkanes of at least 4 members (excludes halogenated alkanes) is 1. The molecule has 47 nitrogen and oxygen atoms in total. The number of thiol groups is 3. The maximum absolute atomic E-state index is 14.6. The Morgan fingerprint density at radius 3 is 1.08 bits per heavy atom. The van der Waals surface area contributed by atoms with Crippen LogP contribution in [0.15, 0.2) is 30.3 Å². The number of hydrogen-bond acceptors (Lipinski definition) is 29. The minimum absolute atomic E-state index is 0.00189. The molecule has 0 spiro atoms. The highest BCUT2D eigenvalue weighted by Gasteiger charge is 2.41. The van der Waals surface area contributed by atoms with Gasteiger partial charge in [-0.25, -0.2) is 4.79 Å². The minimum atomic E-state index is -1.64. The van der Waals surface area contributed by atoms with E-state index in [0.717, 1.165) is 0 Å². The van der Waals surface area contributed by atoms with Crippen LogP contribution in [0.25, 0.3) is 0 Å². The first kappa shape index (κ1) is 132. The van der Waals surface area contributed by atoms with E-state index < -0.39 is 276 Å². The van der Waals surface area contributed by atoms with Crippen LogP contribution in [-0.4, -0.2) is 317 Å². The zero-order valence-corrected chi connectivity index (χ0v) is 90.6. The number of amides is 19. The number of nitrogens with two attached hydrogens (primary N) is 3. The summed E-state index contributed by atoms with van der Waals surface area (Å²) < 4.78 is 0. The molecule has 1 aromatic rings. The fraction of sp³-hybridized carbons (Fsp3) is 0.699. The van der Waals surface area contributed by atoms with Gasteiger partial charge in [-0.1, -0.05) is 127 Å². The van der Waals surface area contributed by atoms with E-state index >= 15 is 0 Å². The number of thioether (sulfide) groups is 2. The summed E-state index contributed by atoms with van der Waals surface area (Å²) in [7, 11) is 0. The third-order valence-electron chi connectivity index (χ3n) is 22.3. The van der Waals surface area contributed by atoms with Gasteiger partial charge in [0.2, 0.25) is 112 Å². The zero-order chi connectivity index (χ0) is 110. The van der Waals surface area contributed by atoms with Gasteiger partial charge in [0.1, 0.15) is 103 Å². The number of benzene rings is 1. The summed E-state index contributed by atoms with van der Waals surface area (Å²) >= 11 is 15.6. The predicted molar refractivity (Wildman–Crippen MR) is 560 cm³/mol. The maximum atomic E-state index is 14.6. The molecule has 52 heteroatoms. The molecule has 0 saturated heterocycles. The Kier molecular flexibility index (Phi) is 63.7. The second-order valence-corrected chi connectivity index (χ2v) is 41.1. The second-order valence-electron chi connectivity index (χ2n) is 38.1. The van der Waals surface area contributed by atoms with E-state index in [1.54, 1.807) is 140 Å². The summed E-state index contributed by atoms with van der Waals surface area (Å²) in [5.41, 5.74) is 17.9. The molecule has 18 atom stereocenters. The van der Waals surface area contributed by atoms with Crippen LogP contribution in [0.1, 0.15) is 193 Å². The number of carboxylic acid groups (broad SMARTS) is 2. The van der Waals surface area contributed by atoms with Gasteiger partial charge < -0.3 is 134 Å². The van der Waals surface area contributed by atoms with Crippen molar-refractivity contribution in [2.75, 3.05) is 67.5 Å². The van der Waals surface area contributed by atoms with Gasteiger partial charge in [-0.2, -0.15) is 61.4 Å². The average molecular weight is 2140 g/mol. The fourth-order valence-electron chi connectivity index (χ4n) is 14.2. The fourth-order valence-corrected chi connectivity index (χ4v) is 15.9. The third-order valence-corrected chi connectivity index (χ3v) is 24.6. The molecule has 0 aliphatic heterocycles. The van der Waals surface area contributed by atoms with E-state index in [0.29, 0.717) is 23.5 Å². The molecule has 0 aliphatic rings. The number of aliphatic carboxylic acids is 2. The molecule has 0 radical (unpaired) electrons. The van der Waals surface area contributed by atoms with Gasteiger partial charge in [-0.15, -0.1) is 0 Å². The molecule has 29 N–H and O–H groups in total. The van der Waals surface area contributed by atoms with Crippen LogP contribution >= 0.6 is 61.4 Å². The first-order valence-electron chi connectivity index (χ1n) is 48.5. The van der Waals surface area contributed by atoms with E-state index in [1.165, 1.54) is 37.4 Å². The van der Waals surface area contributed by atoms with Crippen LogP contribution in [-0.2, 0) is 107 Å². The minimum Gasteiger partial charge on any atom is -0.481 e. The zero-order valence-electron chi connectivity index (χ0n) is 86.2. The van der Waals surface area contributed by atoms with Gasteiger partial charge in [0.15, 0.2) is 5.96 Å². The highest BCUT2D eigenvalue weighted by atomic mass is 32.2. The molecule has 0 aliphatic carbocycles. The predicted octanol–water partition coefficient (Wildman–Crippen LogP) is -3.53. The molecule has 820 valence electrons. The summed E-state index contributed by atoms with van der Waals surface area (Å²) in [6, 6.07) is -16.0. The molecule has 1 aromatic carbocycles. The first-order chi connectivity index (χ1) is 68.0. The molecule has 0 saturated carbocycles. The molecule has 145 heavy (non-hydrogen) atoms. The van der Waals surface area contributed by atoms with Crippen molar-refractivity contribution in [3.63, 3.8) is 0 Å². The SMILES string of the molecule is CSCC[C@H](NC(=O)[C@H](C)NC(=O)[C@H](CC(=O)O)NC(=O)[C@@H](N)CCSC)C(=O)N[C@@H](CCCCN)C(=O)N[C@@H](CCCNC(=N)N)C(=O)NCC(=O)N[C@@H](CC(C)C)C(=O)N[C@@H](CS)C(=O)N[C@@H](CS)C(=O)N[C@H](C(=O)N[C@@H](CC(C)C)C(=O)N[C@@H](CC(C)C)C(=O)N[C@@H](CC(C)C)C(=O)N[C@@H](CS)C(=O)NCC(=O)N[C@@H](C)C(=O)N[C@H](C(=O)N[C@@H](Cc1ccccc1)C(=O)N[C@H](C(=O)O)C(C)C)C(C)C)C(C)C. The molecule has 0 aromatic heterocycles. The van der Waals surface area contributed by atoms with Crippen LogP contribution < -0.4 is 124 Å². The molecule has 0 bridgehead atoms. The van der Waals surface area contributed by atoms with Gasteiger partial charge in [0.05, 0.1) is 25.6 Å². The van der Waals surface area contributed by atoms with E-state index in [4.69, 9.17) is 22.6 Å². The number of carbonyl (C=O) groups is 21. The molecular formula is C93H160N24O23S5. The summed E-state index contributed by atoms with van der Waals surface area (Å²) in [6.07, 6.45) is 3.40. The Morgan fingerprint density at radius 2 is 0.655 bits per heavy atom. The number of carbonyl (C=O) groups excluding carboxylic acids is 19. The van der Waals surface area contributed by atoms with E-state index in [1.807, 2.05) is 0 Å². The van der Waals surface area contributed by atoms with Crippen molar-refractivity contribution < 1.29 is 111 Å². The smallest absolute Gasteiger partial charge is 0.326 e. The Balaban J connectivity index is 3.37. The number of hydrogen-bond donors (Lipinski definition) is 29. The standard InChI is InChI=1S/C93H160N24O23S5/c1-46(2)35-60(103-70(119)42-99-78(125)57(28-24-32-98-93(96)97)105-80(127)58(27-22-23-31-94)106-81(128)59(30-34-145-18)104-75(122)54(16)102-82(129)65(40-71(120)121)107-77(124)56(95)29-33-144-17)83(130)113-67(44-142)88(135)114-68(45-143)89(136)116-73(51(11)12)91(138)110-63(38-49(7)8)85(132)108-61(36-47(3)4)84(131)109-62(37-48(5)6)86(133)112-66(43-141)79(126)100-41-69(118)101-53(15)76(123)115-72(50(9)10)90(137)111-64(39-55-25-20-19-21-26-55)87(134)117-74(52(13)14)92(139)140/h19-21,25-26,46-54,56-68,72-74,141-143H,22-24,27-45,94-95H2,1-18H3,(H,99,125)(H,100,126)(H,101,118)(H,102,129)(H,103,119)(H,104,122)(H,105,127)(H,106,128)(H,107,124)(H,108,132)(H,109,131)(H,110,138)(H,111,137)(H,112,133)(H,113,130)(H,114,135)(H,115,123)(H,116,136)(H,117,134)(H,120,121)(H,139,140)(H4,96,97,98)/t53-,54-,56-,57-,58-,59-,60-,61-,62-,63-,64-,65-,66-,67-,68-,72-,73-,74-/m0/s1. The van der Waals surface area contributed by atoms with Crippen molar-refractivity contribution in [1.29, 1.82) is 5.41 Å². The average Bonchev–Trinajstić information content (AvgIpc) is 0.853. The molecule has 0 fully saturated rings. The van der Waals surface area contributed by atoms with E-state index in [2.05, 4.69) is 144 Å². The van der Waals surface area contributed by atoms with Gasteiger partial charge in [0, 0.05) is 30.2 Å². The topological polar surface area (TPSA) is 741 Å². The van der Waals surface area contributed by atoms with Crippen LogP contribution in [0.5, 0.6) is 0 Å². The van der Waals surface area contributed by atoms with Crippen molar-refractivity contribution in [2.45, 2.75) is 303 Å². The van der Waals surface area contributed by atoms with Gasteiger partial charge >= 0.3 is 11.9 Å². The van der Waals surface area contributed by atoms with Crippen LogP contribution in [0, 0.1) is 46.8 Å². The third kappa shape index (κ3) is 52.3. The quantitative estimate of drug-likeness (QED) is 0.0130. The molecule has 0 unspecified atom stereocenters. The Labute approximate surface area is 874 Å². The number of nitrogens with one attached hydrogen (secondary N) is 21. The maximum Gasteiger partial charge on any atom is 0.326 e. The van der Waals surface area contributed by atoms with Gasteiger partial charge in [0.25, 0.3) is 0 Å². The first-order valence-corrected chi connectivity index (χ1v) is 53.2. The highest BCUT2D eigenvalue weighted by molar-refractivity contribution is 7.98. The Hall–Kier alpha value is -11.0. The van der Waals surface area contributed by atoms with E-state index in [-0.39, 0.29) is 125 Å². The van der Waals surface area contributed by atoms with Crippen molar-refractivity contribution in [3.05, 3.63) is 35.9 Å². The van der Waals surface area contributed by atoms with Crippen molar-refractivity contribution in [2.24, 2.45) is 58.6 Å². The molecular weight excluding hydrogens is 1980 g/mol. The monoisotopic (exact) mass is 2140 g/mol. The van der Waals surface area contributed by atoms with Crippen molar-refractivity contribution >= 4 is 192 Å². The Bertz CT molecular complexity index is 4430. The Morgan fingerprint density at radius 1 is 0.338 bits per heavy atom. The normalized spacial score (nSPS) is 15.0. The molecule has 1 rings (SSSR count). The lowest BCUT2D eigenvalue weighted by molar-refractivity contribution is -0.143. The number of carboxylic acids is 2. The van der Waals surface area contributed by atoms with Gasteiger partial charge in [-0.05, 0) is 162 Å². The summed E-state index contributed by atoms with van der Waals surface area (Å²) in [5.74, 6) is -22.8. The van der Waals surface area contributed by atoms with Crippen LogP contribution in [0.3, 0.4) is 0 Å². The lowest BCUT2D eigenvalue weighted by Crippen LogP contribution is -2.62. The number of rotatable bonds is 71. The summed E-state index contributed by atoms with van der Waals surface area (Å²) in [6.45, 7) is 25.0. The molecule has 0 heterocycles. The second kappa shape index (κ2) is 70.0. The lowest BCUT2D eigenvalue weighted by Gasteiger charge is -2.30. The van der Waals surface area contributed by atoms with Crippen molar-refractivity contribution in [3.8, 4) is 0 Å². The largest absolute Gasteiger partial charge is 0.481 e. The summed E-state index contributed by atoms with van der Waals surface area (Å²) in [5, 5.41) is 78.1. The van der Waals surface area contributed by atoms with E-state index in [9.17, 15) is 111 Å². The molecule has 19 amide bonds. The van der Waals surface area contributed by atoms with Crippen LogP contribution in [0.2, 0.25) is 0 Å². The highest BCUT2D eigenvalue weighted by Crippen LogP contribution is 2.18. The summed E-state index contributed by atoms with van der Waals surface area (Å²) in [4.78, 5) is 289. The van der Waals surface area contributed by atoms with Crippen molar-refractivity contribution in [1.82, 2.24) is 106 Å². The lowest BCUT2D eigenvalue weighted by atomic mass is 9.97.